The summed E-state index contributed by atoms with van der Waals surface area (Å²) in [4.78, 5) is 9.65. The third kappa shape index (κ3) is 39.6. The predicted molar refractivity (Wildman–Crippen MR) is 43.3 cm³/mol. The summed E-state index contributed by atoms with van der Waals surface area (Å²) < 4.78 is 0. The SMILES string of the molecule is CC(O)CC(=O)O.O.O.O.[MgH2]. The van der Waals surface area contributed by atoms with Crippen LogP contribution in [0.4, 0.5) is 0 Å². The number of carboxylic acids is 1. The highest BCUT2D eigenvalue weighted by atomic mass is 24.3. The first-order chi connectivity index (χ1) is 3.13. The number of aliphatic hydroxyl groups excluding tert-OH is 1. The maximum absolute atomic E-state index is 9.65. The normalized spacial score (nSPS) is 8.55. The summed E-state index contributed by atoms with van der Waals surface area (Å²) in [6.07, 6.45) is -0.891. The van der Waals surface area contributed by atoms with E-state index in [1.54, 1.807) is 0 Å². The lowest BCUT2D eigenvalue weighted by Gasteiger charge is -1.94. The number of aliphatic hydroxyl groups is 1. The molecule has 0 saturated heterocycles. The smallest absolute Gasteiger partial charge is 0.316 e. The van der Waals surface area contributed by atoms with E-state index in [0.29, 0.717) is 0 Å². The van der Waals surface area contributed by atoms with Gasteiger partial charge in [0.15, 0.2) is 0 Å². The Morgan fingerprint density at radius 2 is 1.64 bits per heavy atom. The molecule has 70 valence electrons. The van der Waals surface area contributed by atoms with Crippen molar-refractivity contribution in [2.45, 2.75) is 19.4 Å². The van der Waals surface area contributed by atoms with E-state index in [1.165, 1.54) is 6.92 Å². The molecule has 0 radical (unpaired) electrons. The van der Waals surface area contributed by atoms with E-state index in [9.17, 15) is 4.79 Å². The van der Waals surface area contributed by atoms with Gasteiger partial charge in [-0.2, -0.15) is 0 Å². The van der Waals surface area contributed by atoms with Crippen LogP contribution >= 0.6 is 0 Å². The molecule has 0 aromatic rings. The average molecular weight is 184 g/mol. The van der Waals surface area contributed by atoms with E-state index in [-0.39, 0.29) is 45.9 Å². The molecular weight excluding hydrogens is 168 g/mol. The van der Waals surface area contributed by atoms with Crippen molar-refractivity contribution >= 4 is 29.0 Å². The van der Waals surface area contributed by atoms with E-state index in [2.05, 4.69) is 0 Å². The van der Waals surface area contributed by atoms with Gasteiger partial charge in [0.05, 0.1) is 12.5 Å². The van der Waals surface area contributed by atoms with E-state index in [1.807, 2.05) is 0 Å². The van der Waals surface area contributed by atoms with Crippen molar-refractivity contribution in [3.63, 3.8) is 0 Å². The first-order valence-electron chi connectivity index (χ1n) is 2.03. The van der Waals surface area contributed by atoms with Crippen molar-refractivity contribution in [3.8, 4) is 0 Å². The molecular formula is C4H16MgO6. The zero-order chi connectivity index (χ0) is 5.86. The topological polar surface area (TPSA) is 152 Å². The molecule has 8 N–H and O–H groups in total. The van der Waals surface area contributed by atoms with Crippen molar-refractivity contribution in [1.29, 1.82) is 0 Å². The van der Waals surface area contributed by atoms with Gasteiger partial charge in [-0.25, -0.2) is 0 Å². The zero-order valence-electron chi connectivity index (χ0n) is 5.59. The minimum Gasteiger partial charge on any atom is -0.481 e. The summed E-state index contributed by atoms with van der Waals surface area (Å²) in [6, 6.07) is 0. The third-order valence-electron chi connectivity index (χ3n) is 0.470. The number of carbonyl (C=O) groups is 1. The number of carboxylic acid groups (broad SMARTS) is 1. The van der Waals surface area contributed by atoms with Crippen LogP contribution in [0.2, 0.25) is 0 Å². The molecule has 0 heterocycles. The fourth-order valence-electron chi connectivity index (χ4n) is 0.253. The van der Waals surface area contributed by atoms with Crippen LogP contribution in [0.1, 0.15) is 13.3 Å². The van der Waals surface area contributed by atoms with Gasteiger partial charge in [0, 0.05) is 0 Å². The van der Waals surface area contributed by atoms with Crippen LogP contribution in [0.3, 0.4) is 0 Å². The third-order valence-corrected chi connectivity index (χ3v) is 0.470. The molecule has 0 aliphatic rings. The quantitative estimate of drug-likeness (QED) is 0.427. The summed E-state index contributed by atoms with van der Waals surface area (Å²) >= 11 is 0. The van der Waals surface area contributed by atoms with Gasteiger partial charge >= 0.3 is 29.0 Å². The average Bonchev–Trinajstić information content (AvgIpc) is 1.27. The number of hydrogen-bond acceptors (Lipinski definition) is 2. The van der Waals surface area contributed by atoms with Crippen LogP contribution in [-0.4, -0.2) is 61.8 Å². The van der Waals surface area contributed by atoms with Gasteiger partial charge in [-0.05, 0) is 6.92 Å². The second-order valence-electron chi connectivity index (χ2n) is 1.45. The van der Waals surface area contributed by atoms with Crippen molar-refractivity contribution in [2.24, 2.45) is 0 Å². The number of hydrogen-bond donors (Lipinski definition) is 2. The number of aliphatic carboxylic acids is 1. The van der Waals surface area contributed by atoms with Crippen LogP contribution in [0.15, 0.2) is 0 Å². The zero-order valence-corrected chi connectivity index (χ0v) is 5.59. The molecule has 11 heavy (non-hydrogen) atoms. The first-order valence-corrected chi connectivity index (χ1v) is 2.03. The summed E-state index contributed by atoms with van der Waals surface area (Å²) in [5.74, 6) is -0.963. The van der Waals surface area contributed by atoms with E-state index in [4.69, 9.17) is 10.2 Å². The maximum Gasteiger partial charge on any atom is 0.316 e. The minimum atomic E-state index is -0.963. The molecule has 0 fully saturated rings. The molecule has 0 aromatic carbocycles. The molecule has 7 heteroatoms. The van der Waals surface area contributed by atoms with Gasteiger partial charge in [0.1, 0.15) is 0 Å². The van der Waals surface area contributed by atoms with Crippen molar-refractivity contribution in [1.82, 2.24) is 0 Å². The number of rotatable bonds is 2. The molecule has 0 saturated carbocycles. The Balaban J connectivity index is -0.0000000300. The fourth-order valence-corrected chi connectivity index (χ4v) is 0.253. The summed E-state index contributed by atoms with van der Waals surface area (Å²) in [5.41, 5.74) is 0. The summed E-state index contributed by atoms with van der Waals surface area (Å²) in [7, 11) is 0. The van der Waals surface area contributed by atoms with Gasteiger partial charge < -0.3 is 26.6 Å². The summed E-state index contributed by atoms with van der Waals surface area (Å²) in [5, 5.41) is 16.3. The monoisotopic (exact) mass is 184 g/mol. The lowest BCUT2D eigenvalue weighted by atomic mass is 10.3. The van der Waals surface area contributed by atoms with Crippen LogP contribution in [0, 0.1) is 0 Å². The minimum absolute atomic E-state index is 0. The van der Waals surface area contributed by atoms with Crippen LogP contribution in [0.5, 0.6) is 0 Å². The van der Waals surface area contributed by atoms with Crippen LogP contribution in [-0.2, 0) is 4.79 Å². The Kier molecular flexibility index (Phi) is 45.9. The molecule has 1 unspecified atom stereocenters. The van der Waals surface area contributed by atoms with Gasteiger partial charge in [-0.1, -0.05) is 0 Å². The molecule has 0 amide bonds. The van der Waals surface area contributed by atoms with Gasteiger partial charge in [0.2, 0.25) is 0 Å². The Morgan fingerprint density at radius 3 is 1.64 bits per heavy atom. The second kappa shape index (κ2) is 16.6. The van der Waals surface area contributed by atoms with E-state index >= 15 is 0 Å². The largest absolute Gasteiger partial charge is 0.481 e. The molecule has 6 nitrogen and oxygen atoms in total. The second-order valence-corrected chi connectivity index (χ2v) is 1.45. The molecule has 0 aliphatic heterocycles. The predicted octanol–water partition coefficient (Wildman–Crippen LogP) is -3.55. The Hall–Kier alpha value is 0.0762. The van der Waals surface area contributed by atoms with Gasteiger partial charge in [-0.3, -0.25) is 4.79 Å². The lowest BCUT2D eigenvalue weighted by Crippen LogP contribution is -2.07. The van der Waals surface area contributed by atoms with E-state index < -0.39 is 12.1 Å². The molecule has 0 spiro atoms. The van der Waals surface area contributed by atoms with Crippen molar-refractivity contribution in [2.75, 3.05) is 0 Å². The fraction of sp³-hybridized carbons (Fsp3) is 0.750. The first kappa shape index (κ1) is 30.5. The molecule has 0 aliphatic carbocycles. The molecule has 0 bridgehead atoms. The van der Waals surface area contributed by atoms with Crippen LogP contribution in [0.25, 0.3) is 0 Å². The van der Waals surface area contributed by atoms with Crippen molar-refractivity contribution < 1.29 is 31.4 Å². The maximum atomic E-state index is 9.65. The van der Waals surface area contributed by atoms with Crippen LogP contribution < -0.4 is 0 Å². The van der Waals surface area contributed by atoms with Gasteiger partial charge in [-0.15, -0.1) is 0 Å². The van der Waals surface area contributed by atoms with E-state index in [0.717, 1.165) is 0 Å². The summed E-state index contributed by atoms with van der Waals surface area (Å²) in [6.45, 7) is 1.44. The Bertz CT molecular complexity index is 75.0. The molecule has 0 rings (SSSR count). The van der Waals surface area contributed by atoms with Gasteiger partial charge in [0.25, 0.3) is 0 Å². The molecule has 0 aromatic heterocycles. The molecule has 1 atom stereocenters. The highest BCUT2D eigenvalue weighted by Crippen LogP contribution is 1.85. The Labute approximate surface area is 80.3 Å². The Morgan fingerprint density at radius 1 is 1.36 bits per heavy atom. The van der Waals surface area contributed by atoms with Crippen molar-refractivity contribution in [3.05, 3.63) is 0 Å². The highest BCUT2D eigenvalue weighted by Gasteiger charge is 2.00. The standard InChI is InChI=1S/C4H8O3.Mg.3H2O.2H/c1-3(5)2-4(6)7;;;;;;/h3,5H,2H2,1H3,(H,6,7);;3*1H2;;. The highest BCUT2D eigenvalue weighted by molar-refractivity contribution is 5.75. The lowest BCUT2D eigenvalue weighted by molar-refractivity contribution is -0.138.